The van der Waals surface area contributed by atoms with Gasteiger partial charge in [0.25, 0.3) is 0 Å². The van der Waals surface area contributed by atoms with Crippen LogP contribution in [0.3, 0.4) is 0 Å². The highest BCUT2D eigenvalue weighted by molar-refractivity contribution is 7.87. The van der Waals surface area contributed by atoms with Crippen LogP contribution in [0.15, 0.2) is 30.3 Å². The lowest BCUT2D eigenvalue weighted by atomic mass is 9.95. The largest absolute Gasteiger partial charge is 0.523 e. The third-order valence-corrected chi connectivity index (χ3v) is 3.57. The Morgan fingerprint density at radius 3 is 2.56 bits per heavy atom. The van der Waals surface area contributed by atoms with Gasteiger partial charge in [0.05, 0.1) is 0 Å². The first kappa shape index (κ1) is 13.1. The molecule has 3 nitrogen and oxygen atoms in total. The van der Waals surface area contributed by atoms with Crippen molar-refractivity contribution in [3.8, 4) is 0 Å². The van der Waals surface area contributed by atoms with Gasteiger partial charge in [-0.1, -0.05) is 36.4 Å². The molecule has 0 amide bonds. The minimum atomic E-state index is -5.57. The molecule has 1 unspecified atom stereocenters. The second-order valence-corrected chi connectivity index (χ2v) is 5.32. The minimum absolute atomic E-state index is 0.0896. The van der Waals surface area contributed by atoms with E-state index in [9.17, 15) is 21.6 Å². The molecule has 18 heavy (non-hydrogen) atoms. The zero-order valence-corrected chi connectivity index (χ0v) is 9.83. The zero-order chi connectivity index (χ0) is 13.4. The Kier molecular flexibility index (Phi) is 3.20. The standard InChI is InChI=1S/C11H9F3O3S/c12-11(13,14)18(15,16)17-10-7-3-5-8-4-1-2-6-9(8)10/h1-6,10H,7H2. The van der Waals surface area contributed by atoms with Crippen molar-refractivity contribution in [2.75, 3.05) is 0 Å². The normalized spacial score (nSPS) is 19.6. The molecule has 2 rings (SSSR count). The molecule has 0 N–H and O–H groups in total. The first-order chi connectivity index (χ1) is 8.31. The number of hydrogen-bond donors (Lipinski definition) is 0. The maximum atomic E-state index is 12.2. The lowest BCUT2D eigenvalue weighted by molar-refractivity contribution is -0.0574. The van der Waals surface area contributed by atoms with Gasteiger partial charge in [0.15, 0.2) is 0 Å². The number of fused-ring (bicyclic) bond motifs is 1. The molecule has 0 saturated heterocycles. The molecule has 1 atom stereocenters. The second kappa shape index (κ2) is 4.40. The van der Waals surface area contributed by atoms with Gasteiger partial charge in [-0.15, -0.1) is 0 Å². The minimum Gasteiger partial charge on any atom is -0.255 e. The van der Waals surface area contributed by atoms with E-state index in [1.807, 2.05) is 0 Å². The SMILES string of the molecule is O=S(=O)(OC1CC=Cc2ccccc21)C(F)(F)F. The number of benzene rings is 1. The van der Waals surface area contributed by atoms with Gasteiger partial charge in [0.2, 0.25) is 0 Å². The predicted octanol–water partition coefficient (Wildman–Crippen LogP) is 3.01. The Hall–Kier alpha value is -1.34. The van der Waals surface area contributed by atoms with Crippen molar-refractivity contribution in [2.24, 2.45) is 0 Å². The van der Waals surface area contributed by atoms with Gasteiger partial charge in [0, 0.05) is 0 Å². The van der Waals surface area contributed by atoms with Crippen LogP contribution in [0, 0.1) is 0 Å². The highest BCUT2D eigenvalue weighted by atomic mass is 32.2. The Morgan fingerprint density at radius 1 is 1.22 bits per heavy atom. The van der Waals surface area contributed by atoms with Crippen LogP contribution < -0.4 is 0 Å². The predicted molar refractivity (Wildman–Crippen MR) is 58.9 cm³/mol. The van der Waals surface area contributed by atoms with Gasteiger partial charge < -0.3 is 0 Å². The van der Waals surface area contributed by atoms with E-state index < -0.39 is 21.7 Å². The van der Waals surface area contributed by atoms with Crippen molar-refractivity contribution in [1.29, 1.82) is 0 Å². The van der Waals surface area contributed by atoms with E-state index in [0.717, 1.165) is 0 Å². The van der Waals surface area contributed by atoms with Crippen LogP contribution in [0.4, 0.5) is 13.2 Å². The summed E-state index contributed by atoms with van der Waals surface area (Å²) in [4.78, 5) is 0. The maximum Gasteiger partial charge on any atom is 0.523 e. The van der Waals surface area contributed by atoms with E-state index in [1.165, 1.54) is 0 Å². The third kappa shape index (κ3) is 2.41. The van der Waals surface area contributed by atoms with Crippen LogP contribution in [0.25, 0.3) is 6.08 Å². The molecule has 98 valence electrons. The van der Waals surface area contributed by atoms with E-state index in [4.69, 9.17) is 0 Å². The fraction of sp³-hybridized carbons (Fsp3) is 0.273. The Bertz CT molecular complexity index is 575. The van der Waals surface area contributed by atoms with Gasteiger partial charge >= 0.3 is 15.6 Å². The summed E-state index contributed by atoms with van der Waals surface area (Å²) in [5, 5.41) is 0. The van der Waals surface area contributed by atoms with Crippen molar-refractivity contribution in [1.82, 2.24) is 0 Å². The summed E-state index contributed by atoms with van der Waals surface area (Å²) in [7, 11) is -5.57. The molecule has 0 saturated carbocycles. The van der Waals surface area contributed by atoms with Crippen LogP contribution in [-0.2, 0) is 14.3 Å². The molecule has 0 heterocycles. The van der Waals surface area contributed by atoms with Crippen LogP contribution >= 0.6 is 0 Å². The number of rotatable bonds is 2. The van der Waals surface area contributed by atoms with Crippen molar-refractivity contribution in [3.05, 3.63) is 41.5 Å². The molecule has 0 aromatic heterocycles. The van der Waals surface area contributed by atoms with E-state index in [2.05, 4.69) is 4.18 Å². The third-order valence-electron chi connectivity index (χ3n) is 2.52. The lowest BCUT2D eigenvalue weighted by Gasteiger charge is -2.22. The smallest absolute Gasteiger partial charge is 0.255 e. The summed E-state index contributed by atoms with van der Waals surface area (Å²) >= 11 is 0. The van der Waals surface area contributed by atoms with Crippen LogP contribution in [0.1, 0.15) is 23.7 Å². The Morgan fingerprint density at radius 2 is 1.89 bits per heavy atom. The van der Waals surface area contributed by atoms with Crippen molar-refractivity contribution >= 4 is 16.2 Å². The average Bonchev–Trinajstić information content (AvgIpc) is 2.27. The molecular weight excluding hydrogens is 269 g/mol. The molecule has 1 aromatic carbocycles. The topological polar surface area (TPSA) is 43.4 Å². The van der Waals surface area contributed by atoms with Gasteiger partial charge in [-0.05, 0) is 17.5 Å². The molecule has 0 aliphatic heterocycles. The van der Waals surface area contributed by atoms with E-state index >= 15 is 0 Å². The second-order valence-electron chi connectivity index (χ2n) is 3.75. The van der Waals surface area contributed by atoms with Gasteiger partial charge in [-0.25, -0.2) is 0 Å². The van der Waals surface area contributed by atoms with Gasteiger partial charge in [0.1, 0.15) is 6.10 Å². The summed E-state index contributed by atoms with van der Waals surface area (Å²) < 4.78 is 62.9. The van der Waals surface area contributed by atoms with Crippen LogP contribution in [-0.4, -0.2) is 13.9 Å². The molecule has 1 aromatic rings. The highest BCUT2D eigenvalue weighted by Gasteiger charge is 2.48. The summed E-state index contributed by atoms with van der Waals surface area (Å²) in [6.45, 7) is 0. The lowest BCUT2D eigenvalue weighted by Crippen LogP contribution is -2.27. The fourth-order valence-electron chi connectivity index (χ4n) is 1.70. The zero-order valence-electron chi connectivity index (χ0n) is 9.02. The van der Waals surface area contributed by atoms with E-state index in [0.29, 0.717) is 11.1 Å². The number of alkyl halides is 3. The Labute approximate surface area is 102 Å². The quantitative estimate of drug-likeness (QED) is 0.617. The van der Waals surface area contributed by atoms with E-state index in [-0.39, 0.29) is 6.42 Å². The number of halogens is 3. The molecule has 0 radical (unpaired) electrons. The van der Waals surface area contributed by atoms with Crippen molar-refractivity contribution in [2.45, 2.75) is 18.0 Å². The summed E-state index contributed by atoms with van der Waals surface area (Å²) in [6.07, 6.45) is 2.26. The van der Waals surface area contributed by atoms with Gasteiger partial charge in [-0.2, -0.15) is 21.6 Å². The molecule has 0 fully saturated rings. The molecule has 0 spiro atoms. The monoisotopic (exact) mass is 278 g/mol. The van der Waals surface area contributed by atoms with Crippen molar-refractivity contribution in [3.63, 3.8) is 0 Å². The first-order valence-corrected chi connectivity index (χ1v) is 6.47. The molecule has 1 aliphatic rings. The summed E-state index contributed by atoms with van der Waals surface area (Å²) in [5.41, 5.74) is -4.30. The Balaban J connectivity index is 2.31. The van der Waals surface area contributed by atoms with Gasteiger partial charge in [-0.3, -0.25) is 4.18 Å². The molecule has 1 aliphatic carbocycles. The first-order valence-electron chi connectivity index (χ1n) is 5.06. The maximum absolute atomic E-state index is 12.2. The average molecular weight is 278 g/mol. The molecular formula is C11H9F3O3S. The number of hydrogen-bond acceptors (Lipinski definition) is 3. The van der Waals surface area contributed by atoms with E-state index in [1.54, 1.807) is 36.4 Å². The highest BCUT2D eigenvalue weighted by Crippen LogP contribution is 2.35. The summed E-state index contributed by atoms with van der Waals surface area (Å²) in [5.74, 6) is 0. The summed E-state index contributed by atoms with van der Waals surface area (Å²) in [6, 6.07) is 6.56. The fourth-order valence-corrected chi connectivity index (χ4v) is 2.30. The molecule has 0 bridgehead atoms. The van der Waals surface area contributed by atoms with Crippen LogP contribution in [0.2, 0.25) is 0 Å². The molecule has 7 heteroatoms. The van der Waals surface area contributed by atoms with Crippen molar-refractivity contribution < 1.29 is 25.8 Å². The van der Waals surface area contributed by atoms with Crippen LogP contribution in [0.5, 0.6) is 0 Å².